The number of carbonyl (C=O) groups excluding carboxylic acids is 7. The molecule has 1 atom stereocenters. The quantitative estimate of drug-likeness (QED) is 0.0373. The molecule has 8 N–H and O–H groups in total. The molecule has 4 aromatic carbocycles. The average molecular weight is 1950 g/mol. The molecule has 9 amide bonds. The van der Waals surface area contributed by atoms with Crippen molar-refractivity contribution in [1.29, 1.82) is 0 Å². The second kappa shape index (κ2) is 44.0. The molecule has 7 aliphatic heterocycles. The first-order valence-corrected chi connectivity index (χ1v) is 48.7. The number of piperidine rings is 1. The number of rotatable bonds is 19. The van der Waals surface area contributed by atoms with Gasteiger partial charge in [-0.3, -0.25) is 43.9 Å². The summed E-state index contributed by atoms with van der Waals surface area (Å²) in [5.74, 6) is 1.70. The van der Waals surface area contributed by atoms with Crippen LogP contribution in [0.25, 0.3) is 89.2 Å². The number of carbonyl (C=O) groups is 7. The summed E-state index contributed by atoms with van der Waals surface area (Å²) in [7, 11) is 1.83. The van der Waals surface area contributed by atoms with E-state index >= 15 is 0 Å². The molecule has 1 unspecified atom stereocenters. The lowest BCUT2D eigenvalue weighted by Crippen LogP contribution is -2.55. The van der Waals surface area contributed by atoms with Crippen molar-refractivity contribution in [3.8, 4) is 45.6 Å². The van der Waals surface area contributed by atoms with Crippen LogP contribution in [0.2, 0.25) is 0 Å². The van der Waals surface area contributed by atoms with Crippen LogP contribution >= 0.6 is 0 Å². The topological polar surface area (TPSA) is 442 Å². The van der Waals surface area contributed by atoms with Gasteiger partial charge in [0.2, 0.25) is 23.8 Å². The number of benzene rings is 4. The number of morpholine rings is 1. The van der Waals surface area contributed by atoms with Gasteiger partial charge in [0.1, 0.15) is 28.9 Å². The molecule has 7 aliphatic rings. The molecule has 0 saturated carbocycles. The van der Waals surface area contributed by atoms with E-state index in [-0.39, 0.29) is 53.1 Å². The highest BCUT2D eigenvalue weighted by Crippen LogP contribution is 2.34. The Labute approximate surface area is 834 Å². The van der Waals surface area contributed by atoms with E-state index in [1.807, 2.05) is 231 Å². The standard InChI is InChI=1S/C28H30N8O2.C27H28N8O3.C27H27N7O3.C24H24N6O2/c37-26(34-14-16-36(17-15-34)28(38)35-12-4-1-5-13-35)25-19-20-18-21(7-8-22(20)32-25)31-27-30-11-9-24(33-27)23-6-2-3-10-29-23;36-25(33-9-11-34(12-10-33)27(37)35-13-15-38-16-14-35)24-18-19-17-20(4-5-21(19)31-24)30-26-29-8-6-23(32-26)22-3-1-2-7-28-22;35-25(33-11-13-34(14-12-33)26(36)24-5-3-15-37-24)23-17-18-16-19(6-7-20(18)31-23)30-27-29-10-8-22(32-27)21-4-1-2-9-28-21;1-24(14-32-15-24)13-30(2)22(31)21-12-16-11-17(6-7-18(16)28-21)27-23-26-10-8-20(29-23)19-5-3-4-9-25-19/h2-3,6-11,18-19,32H,1,4-5,12-17H2,(H,30,31,33);1-8,17-18,31H,9-16H2,(H,29,30,32);1-2,4,6-10,16-17,24,31H,3,5,11-15H2,(H,29,30,32);3-12,28H,13-15H2,1-2H3,(H,26,27,29). The fraction of sp³-hybridized carbons (Fsp3) is 0.292. The normalized spacial score (nSPS) is 16.2. The first kappa shape index (κ1) is 95.5. The summed E-state index contributed by atoms with van der Waals surface area (Å²) < 4.78 is 16.2. The maximum atomic E-state index is 13.2. The first-order chi connectivity index (χ1) is 70.9. The van der Waals surface area contributed by atoms with E-state index < -0.39 is 0 Å². The van der Waals surface area contributed by atoms with E-state index in [9.17, 15) is 33.6 Å². The summed E-state index contributed by atoms with van der Waals surface area (Å²) in [5.41, 5.74) is 15.0. The smallest absolute Gasteiger partial charge is 0.320 e. The third-order valence-electron chi connectivity index (χ3n) is 26.3. The third kappa shape index (κ3) is 23.1. The number of likely N-dealkylation sites (tertiary alicyclic amines) is 1. The van der Waals surface area contributed by atoms with Crippen LogP contribution in [0.1, 0.15) is 81.0 Å². The molecule has 12 aromatic heterocycles. The van der Waals surface area contributed by atoms with Crippen molar-refractivity contribution in [2.45, 2.75) is 45.1 Å². The van der Waals surface area contributed by atoms with Gasteiger partial charge in [0.25, 0.3) is 29.5 Å². The lowest BCUT2D eigenvalue weighted by atomic mass is 9.88. The van der Waals surface area contributed by atoms with Crippen LogP contribution in [0.15, 0.2) is 244 Å². The number of aromatic nitrogens is 16. The van der Waals surface area contributed by atoms with Gasteiger partial charge in [0.05, 0.1) is 72.0 Å². The third-order valence-corrected chi connectivity index (χ3v) is 26.3. The number of nitrogens with one attached hydrogen (secondary N) is 8. The van der Waals surface area contributed by atoms with Crippen molar-refractivity contribution in [3.63, 3.8) is 0 Å². The SMILES string of the molecule is CN(CC1(C)COC1)C(=O)c1cc2cc(Nc3nccc(-c4ccccn4)n3)ccc2[nH]1.O=C(c1cc2cc(Nc3nccc(-c4ccccn4)n3)ccc2[nH]1)N1CCN(C(=O)C2CCCO2)CC1.O=C(c1cc2cc(Nc3nccc(-c4ccccn4)n3)ccc2[nH]1)N1CCN(C(=O)N2CCCCC2)CC1.O=C(c1cc2cc(Nc3nccc(-c4ccccn4)n3)ccc2[nH]1)N1CCN(C(=O)N2CCOCC2)CC1. The van der Waals surface area contributed by atoms with Crippen LogP contribution in [0, 0.1) is 5.41 Å². The summed E-state index contributed by atoms with van der Waals surface area (Å²) in [4.78, 5) is 173. The molecule has 0 radical (unpaired) electrons. The summed E-state index contributed by atoms with van der Waals surface area (Å²) in [6.45, 7) is 15.2. The number of piperazine rings is 3. The van der Waals surface area contributed by atoms with Crippen molar-refractivity contribution in [3.05, 3.63) is 266 Å². The van der Waals surface area contributed by atoms with Crippen LogP contribution in [-0.2, 0) is 19.0 Å². The number of H-pyrrole nitrogens is 4. The van der Waals surface area contributed by atoms with Gasteiger partial charge < -0.3 is 99.5 Å². The van der Waals surface area contributed by atoms with Gasteiger partial charge in [0.15, 0.2) is 0 Å². The van der Waals surface area contributed by atoms with Crippen molar-refractivity contribution in [2.24, 2.45) is 5.41 Å². The molecule has 0 aliphatic carbocycles. The maximum Gasteiger partial charge on any atom is 0.320 e. The van der Waals surface area contributed by atoms with E-state index in [0.29, 0.717) is 178 Å². The van der Waals surface area contributed by atoms with Crippen LogP contribution in [-0.4, -0.2) is 323 Å². The molecule has 23 rings (SSSR count). The van der Waals surface area contributed by atoms with Crippen LogP contribution < -0.4 is 21.3 Å². The van der Waals surface area contributed by atoms with Gasteiger partial charge in [-0.2, -0.15) is 0 Å². The number of nitrogens with zero attached hydrogens (tertiary/aromatic N) is 21. The maximum absolute atomic E-state index is 13.2. The predicted molar refractivity (Wildman–Crippen MR) is 548 cm³/mol. The Morgan fingerprint density at radius 3 is 0.979 bits per heavy atom. The van der Waals surface area contributed by atoms with E-state index in [1.54, 1.807) is 64.3 Å². The summed E-state index contributed by atoms with van der Waals surface area (Å²) in [5, 5.41) is 16.6. The Balaban J connectivity index is 0.000000118. The molecule has 16 aromatic rings. The number of urea groups is 2. The molecule has 7 fully saturated rings. The highest BCUT2D eigenvalue weighted by atomic mass is 16.5. The fourth-order valence-corrected chi connectivity index (χ4v) is 18.6. The second-order valence-electron chi connectivity index (χ2n) is 36.7. The first-order valence-electron chi connectivity index (χ1n) is 48.7. The Morgan fingerprint density at radius 2 is 0.655 bits per heavy atom. The Morgan fingerprint density at radius 1 is 0.331 bits per heavy atom. The van der Waals surface area contributed by atoms with E-state index in [1.165, 1.54) is 6.42 Å². The molecule has 0 bridgehead atoms. The molecule has 19 heterocycles. The molecule has 7 saturated heterocycles. The molecule has 39 nitrogen and oxygen atoms in total. The van der Waals surface area contributed by atoms with E-state index in [4.69, 9.17) is 14.2 Å². The van der Waals surface area contributed by atoms with Crippen molar-refractivity contribution < 1.29 is 47.8 Å². The molecule has 0 spiro atoms. The molecular weight excluding hydrogens is 1840 g/mol. The lowest BCUT2D eigenvalue weighted by Gasteiger charge is -2.40. The highest BCUT2D eigenvalue weighted by molar-refractivity contribution is 6.02. The molecule has 738 valence electrons. The lowest BCUT2D eigenvalue weighted by molar-refractivity contribution is -0.142. The molecule has 39 heteroatoms. The van der Waals surface area contributed by atoms with Gasteiger partial charge in [-0.25, -0.2) is 49.5 Å². The monoisotopic (exact) mass is 1950 g/mol. The Hall–Kier alpha value is -17.1. The summed E-state index contributed by atoms with van der Waals surface area (Å²) >= 11 is 0. The van der Waals surface area contributed by atoms with Gasteiger partial charge in [-0.15, -0.1) is 0 Å². The van der Waals surface area contributed by atoms with E-state index in [0.717, 1.165) is 151 Å². The zero-order valence-corrected chi connectivity index (χ0v) is 80.2. The highest BCUT2D eigenvalue weighted by Gasteiger charge is 2.38. The largest absolute Gasteiger partial charge is 0.380 e. The van der Waals surface area contributed by atoms with Gasteiger partial charge >= 0.3 is 12.1 Å². The minimum atomic E-state index is -0.318. The zero-order chi connectivity index (χ0) is 99.1. The van der Waals surface area contributed by atoms with Crippen molar-refractivity contribution in [1.82, 2.24) is 124 Å². The number of fused-ring (bicyclic) bond motifs is 4. The number of ether oxygens (including phenoxy) is 3. The minimum Gasteiger partial charge on any atom is -0.380 e. The van der Waals surface area contributed by atoms with Crippen LogP contribution in [0.4, 0.5) is 56.1 Å². The van der Waals surface area contributed by atoms with Gasteiger partial charge in [-0.05, 0) is 202 Å². The minimum absolute atomic E-state index is 0.0283. The zero-order valence-electron chi connectivity index (χ0n) is 80.2. The summed E-state index contributed by atoms with van der Waals surface area (Å²) in [6, 6.07) is 60.9. The van der Waals surface area contributed by atoms with Gasteiger partial charge in [-0.1, -0.05) is 31.2 Å². The van der Waals surface area contributed by atoms with Crippen molar-refractivity contribution >= 4 is 132 Å². The fourth-order valence-electron chi connectivity index (χ4n) is 18.6. The summed E-state index contributed by atoms with van der Waals surface area (Å²) in [6.07, 6.45) is 18.5. The molecule has 145 heavy (non-hydrogen) atoms. The van der Waals surface area contributed by atoms with E-state index in [2.05, 4.69) is 108 Å². The van der Waals surface area contributed by atoms with Gasteiger partial charge in [0, 0.05) is 246 Å². The van der Waals surface area contributed by atoms with Crippen LogP contribution in [0.5, 0.6) is 0 Å². The number of hydrogen-bond acceptors (Lipinski definition) is 26. The Bertz CT molecular complexity index is 7070. The number of pyridine rings is 4. The predicted octanol–water partition coefficient (Wildman–Crippen LogP) is 14.2. The van der Waals surface area contributed by atoms with Crippen molar-refractivity contribution in [2.75, 3.05) is 173 Å². The average Bonchev–Trinajstić information content (AvgIpc) is 1.67. The number of anilines is 8. The number of aromatic amines is 4. The number of amides is 9. The Kier molecular flexibility index (Phi) is 29.0. The van der Waals surface area contributed by atoms with Crippen LogP contribution in [0.3, 0.4) is 0 Å². The second-order valence-corrected chi connectivity index (χ2v) is 36.7. The molecular formula is C106H109N29O10. The number of hydrogen-bond donors (Lipinski definition) is 8.